The molecule has 1 aliphatic carbocycles. The largest absolute Gasteiger partial charge is 0.355 e. The third-order valence-corrected chi connectivity index (χ3v) is 3.06. The maximum atomic E-state index is 10.8. The second-order valence-electron chi connectivity index (χ2n) is 3.59. The van der Waals surface area contributed by atoms with Gasteiger partial charge in [-0.1, -0.05) is 0 Å². The van der Waals surface area contributed by atoms with E-state index in [0.717, 1.165) is 12.5 Å². The zero-order chi connectivity index (χ0) is 9.97. The molecule has 0 spiro atoms. The van der Waals surface area contributed by atoms with Crippen molar-refractivity contribution < 1.29 is 4.21 Å². The molecule has 0 aliphatic heterocycles. The van der Waals surface area contributed by atoms with E-state index in [1.807, 2.05) is 12.4 Å². The minimum Gasteiger partial charge on any atom is -0.355 e. The summed E-state index contributed by atoms with van der Waals surface area (Å²) >= 11 is 0. The van der Waals surface area contributed by atoms with Gasteiger partial charge >= 0.3 is 0 Å². The van der Waals surface area contributed by atoms with Crippen molar-refractivity contribution >= 4 is 16.7 Å². The number of nitrogens with one attached hydrogen (secondary N) is 1. The number of rotatable bonds is 5. The van der Waals surface area contributed by atoms with Crippen LogP contribution >= 0.6 is 0 Å². The van der Waals surface area contributed by atoms with E-state index >= 15 is 0 Å². The van der Waals surface area contributed by atoms with Gasteiger partial charge in [-0.25, -0.2) is 4.98 Å². The Kier molecular flexibility index (Phi) is 2.86. The van der Waals surface area contributed by atoms with E-state index in [1.54, 1.807) is 6.26 Å². The van der Waals surface area contributed by atoms with Gasteiger partial charge in [-0.05, 0) is 12.8 Å². The minimum atomic E-state index is -0.728. The zero-order valence-corrected chi connectivity index (χ0v) is 9.09. The molecule has 1 aromatic rings. The lowest BCUT2D eigenvalue weighted by atomic mass is 10.6. The second kappa shape index (κ2) is 4.13. The molecule has 0 radical (unpaired) electrons. The van der Waals surface area contributed by atoms with Crippen LogP contribution in [-0.2, 0) is 10.8 Å². The van der Waals surface area contributed by atoms with Crippen LogP contribution in [0.1, 0.15) is 18.9 Å². The fourth-order valence-electron chi connectivity index (χ4n) is 1.40. The third kappa shape index (κ3) is 2.35. The van der Waals surface area contributed by atoms with Crippen LogP contribution in [0.3, 0.4) is 0 Å². The summed E-state index contributed by atoms with van der Waals surface area (Å²) in [4.78, 5) is 4.23. The van der Waals surface area contributed by atoms with Gasteiger partial charge in [-0.3, -0.25) is 4.21 Å². The lowest BCUT2D eigenvalue weighted by molar-refractivity contribution is 0.686. The first kappa shape index (κ1) is 9.71. The van der Waals surface area contributed by atoms with Crippen LogP contribution in [0.4, 0.5) is 5.95 Å². The lowest BCUT2D eigenvalue weighted by Gasteiger charge is -2.07. The van der Waals surface area contributed by atoms with Gasteiger partial charge in [0, 0.05) is 47.8 Å². The van der Waals surface area contributed by atoms with Crippen LogP contribution in [0.25, 0.3) is 0 Å². The van der Waals surface area contributed by atoms with Crippen LogP contribution in [-0.4, -0.2) is 32.3 Å². The van der Waals surface area contributed by atoms with E-state index < -0.39 is 10.8 Å². The fraction of sp³-hybridized carbons (Fsp3) is 0.667. The Morgan fingerprint density at radius 3 is 3.14 bits per heavy atom. The molecular formula is C9H15N3OS. The van der Waals surface area contributed by atoms with E-state index in [0.29, 0.717) is 11.8 Å². The quantitative estimate of drug-likeness (QED) is 0.794. The Bertz CT molecular complexity index is 333. The standard InChI is InChI=1S/C9H15N3OS/c1-14(13)7-5-11-9-10-4-6-12(9)8-2-3-8/h4,6,8H,2-3,5,7H2,1H3,(H,10,11). The summed E-state index contributed by atoms with van der Waals surface area (Å²) in [6, 6.07) is 0.645. The first-order chi connectivity index (χ1) is 6.77. The van der Waals surface area contributed by atoms with Gasteiger partial charge in [0.15, 0.2) is 0 Å². The average molecular weight is 213 g/mol. The molecule has 1 unspecified atom stereocenters. The van der Waals surface area contributed by atoms with Crippen molar-refractivity contribution in [3.05, 3.63) is 12.4 Å². The van der Waals surface area contributed by atoms with Crippen LogP contribution in [0.15, 0.2) is 12.4 Å². The van der Waals surface area contributed by atoms with Crippen LogP contribution in [0, 0.1) is 0 Å². The SMILES string of the molecule is CS(=O)CCNc1nccn1C1CC1. The van der Waals surface area contributed by atoms with E-state index in [-0.39, 0.29) is 0 Å². The molecule has 1 atom stereocenters. The second-order valence-corrected chi connectivity index (χ2v) is 5.15. The summed E-state index contributed by atoms with van der Waals surface area (Å²) in [6.07, 6.45) is 8.04. The van der Waals surface area contributed by atoms with Crippen LogP contribution in [0.2, 0.25) is 0 Å². The summed E-state index contributed by atoms with van der Waals surface area (Å²) < 4.78 is 13.0. The predicted octanol–water partition coefficient (Wildman–Crippen LogP) is 1.01. The highest BCUT2D eigenvalue weighted by molar-refractivity contribution is 7.84. The van der Waals surface area contributed by atoms with E-state index in [9.17, 15) is 4.21 Å². The smallest absolute Gasteiger partial charge is 0.203 e. The molecule has 4 nitrogen and oxygen atoms in total. The highest BCUT2D eigenvalue weighted by Crippen LogP contribution is 2.36. The molecule has 0 saturated heterocycles. The number of imidazole rings is 1. The first-order valence-corrected chi connectivity index (χ1v) is 6.57. The summed E-state index contributed by atoms with van der Waals surface area (Å²) in [5.74, 6) is 1.59. The molecule has 0 aromatic carbocycles. The Morgan fingerprint density at radius 1 is 1.71 bits per heavy atom. The normalized spacial score (nSPS) is 18.1. The molecule has 1 heterocycles. The number of hydrogen-bond acceptors (Lipinski definition) is 3. The molecule has 1 saturated carbocycles. The first-order valence-electron chi connectivity index (χ1n) is 4.84. The van der Waals surface area contributed by atoms with Gasteiger partial charge in [0.05, 0.1) is 0 Å². The van der Waals surface area contributed by atoms with Crippen molar-refractivity contribution in [1.82, 2.24) is 9.55 Å². The van der Waals surface area contributed by atoms with Gasteiger partial charge < -0.3 is 9.88 Å². The molecule has 1 fully saturated rings. The Labute approximate surface area is 86.2 Å². The Morgan fingerprint density at radius 2 is 2.50 bits per heavy atom. The topological polar surface area (TPSA) is 46.9 Å². The molecule has 1 aromatic heterocycles. The molecule has 0 amide bonds. The number of nitrogens with zero attached hydrogens (tertiary/aromatic N) is 2. The highest BCUT2D eigenvalue weighted by atomic mass is 32.2. The van der Waals surface area contributed by atoms with Crippen molar-refractivity contribution in [3.63, 3.8) is 0 Å². The predicted molar refractivity (Wildman–Crippen MR) is 57.9 cm³/mol. The van der Waals surface area contributed by atoms with E-state index in [1.165, 1.54) is 12.8 Å². The third-order valence-electron chi connectivity index (χ3n) is 2.28. The summed E-state index contributed by atoms with van der Waals surface area (Å²) in [5.41, 5.74) is 0. The maximum Gasteiger partial charge on any atom is 0.203 e. The molecule has 1 N–H and O–H groups in total. The van der Waals surface area contributed by atoms with Gasteiger partial charge in [0.1, 0.15) is 0 Å². The van der Waals surface area contributed by atoms with Gasteiger partial charge in [0.2, 0.25) is 5.95 Å². The van der Waals surface area contributed by atoms with Gasteiger partial charge in [-0.15, -0.1) is 0 Å². The minimum absolute atomic E-state index is 0.645. The monoisotopic (exact) mass is 213 g/mol. The fourth-order valence-corrected chi connectivity index (χ4v) is 1.79. The zero-order valence-electron chi connectivity index (χ0n) is 8.27. The number of anilines is 1. The Hall–Kier alpha value is -0.840. The molecule has 14 heavy (non-hydrogen) atoms. The van der Waals surface area contributed by atoms with Crippen molar-refractivity contribution in [2.75, 3.05) is 23.9 Å². The van der Waals surface area contributed by atoms with Crippen LogP contribution in [0.5, 0.6) is 0 Å². The molecule has 5 heteroatoms. The van der Waals surface area contributed by atoms with Crippen LogP contribution < -0.4 is 5.32 Å². The summed E-state index contributed by atoms with van der Waals surface area (Å²) in [5, 5.41) is 3.20. The van der Waals surface area contributed by atoms with Gasteiger partial charge in [0.25, 0.3) is 0 Å². The number of aromatic nitrogens is 2. The average Bonchev–Trinajstić information content (AvgIpc) is 2.87. The Balaban J connectivity index is 1.88. The highest BCUT2D eigenvalue weighted by Gasteiger charge is 2.25. The van der Waals surface area contributed by atoms with E-state index in [4.69, 9.17) is 0 Å². The molecule has 2 rings (SSSR count). The van der Waals surface area contributed by atoms with Crippen molar-refractivity contribution in [2.45, 2.75) is 18.9 Å². The van der Waals surface area contributed by atoms with Gasteiger partial charge in [-0.2, -0.15) is 0 Å². The summed E-state index contributed by atoms with van der Waals surface area (Å²) in [7, 11) is -0.728. The molecular weight excluding hydrogens is 198 g/mol. The molecule has 1 aliphatic rings. The molecule has 78 valence electrons. The van der Waals surface area contributed by atoms with Crippen molar-refractivity contribution in [2.24, 2.45) is 0 Å². The maximum absolute atomic E-state index is 10.8. The number of hydrogen-bond donors (Lipinski definition) is 1. The lowest BCUT2D eigenvalue weighted by Crippen LogP contribution is -2.13. The summed E-state index contributed by atoms with van der Waals surface area (Å²) in [6.45, 7) is 0.729. The van der Waals surface area contributed by atoms with Crippen molar-refractivity contribution in [3.8, 4) is 0 Å². The van der Waals surface area contributed by atoms with Crippen molar-refractivity contribution in [1.29, 1.82) is 0 Å². The molecule has 0 bridgehead atoms. The van der Waals surface area contributed by atoms with E-state index in [2.05, 4.69) is 14.9 Å².